The number of halogens is 1. The van der Waals surface area contributed by atoms with Gasteiger partial charge in [-0.25, -0.2) is 0 Å². The van der Waals surface area contributed by atoms with E-state index in [2.05, 4.69) is 0 Å². The molecule has 1 fully saturated rings. The standard InChI is InChI=1S/C27H24ClNO5/c1-3-15-34-21-13-9-17(10-14-21)24-23(25(30)18-7-11-19(28)12-8-18)26(31)27(32)29(24)20-5-4-6-22(16-20)33-2/h4-14,16,24,30H,3,15H2,1-2H3/b25-23+. The Labute approximate surface area is 203 Å². The molecular weight excluding hydrogens is 454 g/mol. The van der Waals surface area contributed by atoms with Crippen molar-refractivity contribution in [3.63, 3.8) is 0 Å². The van der Waals surface area contributed by atoms with Crippen molar-refractivity contribution >= 4 is 34.7 Å². The number of amides is 1. The van der Waals surface area contributed by atoms with Crippen molar-refractivity contribution in [2.24, 2.45) is 0 Å². The molecule has 3 aromatic rings. The van der Waals surface area contributed by atoms with Crippen LogP contribution in [0.3, 0.4) is 0 Å². The molecule has 7 heteroatoms. The molecule has 1 aliphatic heterocycles. The lowest BCUT2D eigenvalue weighted by molar-refractivity contribution is -0.132. The third kappa shape index (κ3) is 4.50. The maximum Gasteiger partial charge on any atom is 0.300 e. The zero-order valence-corrected chi connectivity index (χ0v) is 19.6. The van der Waals surface area contributed by atoms with Gasteiger partial charge in [-0.15, -0.1) is 0 Å². The first-order valence-corrected chi connectivity index (χ1v) is 11.3. The molecule has 0 bridgehead atoms. The summed E-state index contributed by atoms with van der Waals surface area (Å²) in [7, 11) is 1.53. The Bertz CT molecular complexity index is 1230. The van der Waals surface area contributed by atoms with Gasteiger partial charge in [-0.05, 0) is 60.5 Å². The number of benzene rings is 3. The molecule has 0 spiro atoms. The monoisotopic (exact) mass is 477 g/mol. The predicted molar refractivity (Wildman–Crippen MR) is 131 cm³/mol. The first-order chi connectivity index (χ1) is 16.4. The zero-order valence-electron chi connectivity index (χ0n) is 18.8. The van der Waals surface area contributed by atoms with E-state index in [1.165, 1.54) is 12.0 Å². The van der Waals surface area contributed by atoms with E-state index in [-0.39, 0.29) is 11.3 Å². The number of aliphatic hydroxyl groups is 1. The highest BCUT2D eigenvalue weighted by atomic mass is 35.5. The van der Waals surface area contributed by atoms with Gasteiger partial charge in [0.05, 0.1) is 25.3 Å². The topological polar surface area (TPSA) is 76.1 Å². The number of aliphatic hydroxyl groups excluding tert-OH is 1. The van der Waals surface area contributed by atoms with Gasteiger partial charge in [0.15, 0.2) is 0 Å². The van der Waals surface area contributed by atoms with Crippen molar-refractivity contribution < 1.29 is 24.2 Å². The summed E-state index contributed by atoms with van der Waals surface area (Å²) in [6, 6.07) is 19.7. The summed E-state index contributed by atoms with van der Waals surface area (Å²) in [5.74, 6) is -0.552. The highest BCUT2D eigenvalue weighted by molar-refractivity contribution is 6.51. The molecule has 1 heterocycles. The second-order valence-electron chi connectivity index (χ2n) is 7.79. The van der Waals surface area contributed by atoms with Gasteiger partial charge in [0, 0.05) is 22.3 Å². The van der Waals surface area contributed by atoms with Gasteiger partial charge in [-0.3, -0.25) is 14.5 Å². The van der Waals surface area contributed by atoms with Crippen molar-refractivity contribution in [1.82, 2.24) is 0 Å². The molecule has 4 rings (SSSR count). The van der Waals surface area contributed by atoms with Gasteiger partial charge in [0.25, 0.3) is 11.7 Å². The molecule has 1 saturated heterocycles. The number of hydrogen-bond acceptors (Lipinski definition) is 5. The molecular formula is C27H24ClNO5. The third-order valence-electron chi connectivity index (χ3n) is 5.56. The number of nitrogens with zero attached hydrogens (tertiary/aromatic N) is 1. The third-order valence-corrected chi connectivity index (χ3v) is 5.81. The predicted octanol–water partition coefficient (Wildman–Crippen LogP) is 5.76. The minimum atomic E-state index is -0.844. The summed E-state index contributed by atoms with van der Waals surface area (Å²) < 4.78 is 11.0. The first-order valence-electron chi connectivity index (χ1n) is 10.9. The Morgan fingerprint density at radius 2 is 1.71 bits per heavy atom. The molecule has 1 N–H and O–H groups in total. The van der Waals surface area contributed by atoms with Gasteiger partial charge in [0.1, 0.15) is 17.3 Å². The summed E-state index contributed by atoms with van der Waals surface area (Å²) in [6.45, 7) is 2.60. The first kappa shape index (κ1) is 23.4. The summed E-state index contributed by atoms with van der Waals surface area (Å²) >= 11 is 5.98. The van der Waals surface area contributed by atoms with Crippen LogP contribution >= 0.6 is 11.6 Å². The van der Waals surface area contributed by atoms with Gasteiger partial charge < -0.3 is 14.6 Å². The summed E-state index contributed by atoms with van der Waals surface area (Å²) in [4.78, 5) is 27.9. The molecule has 0 saturated carbocycles. The Morgan fingerprint density at radius 3 is 2.35 bits per heavy atom. The average molecular weight is 478 g/mol. The van der Waals surface area contributed by atoms with E-state index in [9.17, 15) is 14.7 Å². The number of hydrogen-bond donors (Lipinski definition) is 1. The van der Waals surface area contributed by atoms with Crippen molar-refractivity contribution in [1.29, 1.82) is 0 Å². The van der Waals surface area contributed by atoms with E-state index < -0.39 is 17.7 Å². The molecule has 0 radical (unpaired) electrons. The van der Waals surface area contributed by atoms with Crippen LogP contribution in [0, 0.1) is 0 Å². The number of ether oxygens (including phenoxy) is 2. The number of carbonyl (C=O) groups is 2. The van der Waals surface area contributed by atoms with Crippen LogP contribution in [-0.2, 0) is 9.59 Å². The van der Waals surface area contributed by atoms with Crippen LogP contribution in [0.5, 0.6) is 11.5 Å². The largest absolute Gasteiger partial charge is 0.507 e. The number of rotatable bonds is 7. The molecule has 1 unspecified atom stereocenters. The molecule has 34 heavy (non-hydrogen) atoms. The van der Waals surface area contributed by atoms with Gasteiger partial charge in [0.2, 0.25) is 0 Å². The van der Waals surface area contributed by atoms with Gasteiger partial charge >= 0.3 is 0 Å². The number of anilines is 1. The van der Waals surface area contributed by atoms with Crippen LogP contribution in [-0.4, -0.2) is 30.5 Å². The fourth-order valence-corrected chi connectivity index (χ4v) is 4.03. The van der Waals surface area contributed by atoms with Crippen LogP contribution in [0.4, 0.5) is 5.69 Å². The van der Waals surface area contributed by atoms with E-state index in [1.807, 2.05) is 6.92 Å². The Hall–Kier alpha value is -3.77. The fraction of sp³-hybridized carbons (Fsp3) is 0.185. The van der Waals surface area contributed by atoms with E-state index >= 15 is 0 Å². The lowest BCUT2D eigenvalue weighted by Crippen LogP contribution is -2.29. The molecule has 3 aromatic carbocycles. The van der Waals surface area contributed by atoms with Crippen LogP contribution in [0.1, 0.15) is 30.5 Å². The highest BCUT2D eigenvalue weighted by Gasteiger charge is 2.47. The quantitative estimate of drug-likeness (QED) is 0.266. The fourth-order valence-electron chi connectivity index (χ4n) is 3.90. The number of methoxy groups -OCH3 is 1. The van der Waals surface area contributed by atoms with Crippen LogP contribution in [0.25, 0.3) is 5.76 Å². The summed E-state index contributed by atoms with van der Waals surface area (Å²) in [5.41, 5.74) is 1.52. The molecule has 1 aliphatic rings. The second-order valence-corrected chi connectivity index (χ2v) is 8.23. The smallest absolute Gasteiger partial charge is 0.300 e. The summed E-state index contributed by atoms with van der Waals surface area (Å²) in [5, 5.41) is 11.6. The second kappa shape index (κ2) is 10.0. The van der Waals surface area contributed by atoms with Gasteiger partial charge in [-0.1, -0.05) is 36.7 Å². The van der Waals surface area contributed by atoms with Crippen molar-refractivity contribution in [3.8, 4) is 11.5 Å². The van der Waals surface area contributed by atoms with E-state index in [1.54, 1.807) is 72.8 Å². The summed E-state index contributed by atoms with van der Waals surface area (Å²) in [6.07, 6.45) is 0.874. The van der Waals surface area contributed by atoms with Crippen LogP contribution < -0.4 is 14.4 Å². The molecule has 1 atom stereocenters. The van der Waals surface area contributed by atoms with Crippen LogP contribution in [0.2, 0.25) is 5.02 Å². The van der Waals surface area contributed by atoms with E-state index in [0.29, 0.717) is 39.9 Å². The average Bonchev–Trinajstić information content (AvgIpc) is 3.13. The highest BCUT2D eigenvalue weighted by Crippen LogP contribution is 2.43. The minimum Gasteiger partial charge on any atom is -0.507 e. The Kier molecular flexibility index (Phi) is 6.89. The molecule has 1 amide bonds. The number of carbonyl (C=O) groups excluding carboxylic acids is 2. The maximum atomic E-state index is 13.2. The zero-order chi connectivity index (χ0) is 24.2. The van der Waals surface area contributed by atoms with E-state index in [4.69, 9.17) is 21.1 Å². The molecule has 6 nitrogen and oxygen atoms in total. The molecule has 0 aliphatic carbocycles. The number of Topliss-reactive ketones (excluding diaryl/α,β-unsaturated/α-hetero) is 1. The SMILES string of the molecule is CCCOc1ccc(C2/C(=C(\O)c3ccc(Cl)cc3)C(=O)C(=O)N2c2cccc(OC)c2)cc1. The van der Waals surface area contributed by atoms with Crippen molar-refractivity contribution in [3.05, 3.63) is 94.5 Å². The molecule has 0 aromatic heterocycles. The van der Waals surface area contributed by atoms with Crippen molar-refractivity contribution in [2.45, 2.75) is 19.4 Å². The van der Waals surface area contributed by atoms with Crippen LogP contribution in [0.15, 0.2) is 78.4 Å². The lowest BCUT2D eigenvalue weighted by atomic mass is 9.95. The normalized spacial score (nSPS) is 17.1. The molecule has 174 valence electrons. The maximum absolute atomic E-state index is 13.2. The minimum absolute atomic E-state index is 0.00244. The van der Waals surface area contributed by atoms with Gasteiger partial charge in [-0.2, -0.15) is 0 Å². The Morgan fingerprint density at radius 1 is 1.00 bits per heavy atom. The Balaban J connectivity index is 1.87. The lowest BCUT2D eigenvalue weighted by Gasteiger charge is -2.26. The number of ketones is 1. The van der Waals surface area contributed by atoms with E-state index in [0.717, 1.165) is 6.42 Å². The van der Waals surface area contributed by atoms with Crippen molar-refractivity contribution in [2.75, 3.05) is 18.6 Å².